The van der Waals surface area contributed by atoms with Crippen LogP contribution < -0.4 is 10.6 Å². The van der Waals surface area contributed by atoms with Gasteiger partial charge in [0, 0.05) is 0 Å². The summed E-state index contributed by atoms with van der Waals surface area (Å²) in [5, 5.41) is 5.98. The molecule has 1 aromatic rings. The molecule has 0 spiro atoms. The van der Waals surface area contributed by atoms with Gasteiger partial charge in [0.2, 0.25) is 5.91 Å². The van der Waals surface area contributed by atoms with E-state index in [0.717, 1.165) is 6.42 Å². The fraction of sp³-hybridized carbons (Fsp3) is 0.588. The third-order valence-corrected chi connectivity index (χ3v) is 3.48. The summed E-state index contributed by atoms with van der Waals surface area (Å²) in [7, 11) is 1.78. The average molecular weight is 313 g/mol. The maximum atomic E-state index is 11.8. The Balaban J connectivity index is 0.00000400. The van der Waals surface area contributed by atoms with E-state index in [1.807, 2.05) is 0 Å². The SMILES string of the molecule is CCCCc1ccc(C(NC(=O)CNC)C(C)C)cc1.Cl. The zero-order valence-corrected chi connectivity index (χ0v) is 14.4. The second kappa shape index (κ2) is 10.6. The van der Waals surface area contributed by atoms with E-state index in [-0.39, 0.29) is 24.4 Å². The molecule has 3 nitrogen and oxygen atoms in total. The van der Waals surface area contributed by atoms with Crippen LogP contribution in [0.5, 0.6) is 0 Å². The molecule has 0 fully saturated rings. The largest absolute Gasteiger partial charge is 0.348 e. The Morgan fingerprint density at radius 2 is 1.81 bits per heavy atom. The van der Waals surface area contributed by atoms with E-state index in [2.05, 4.69) is 55.7 Å². The number of nitrogens with one attached hydrogen (secondary N) is 2. The van der Waals surface area contributed by atoms with Gasteiger partial charge in [-0.25, -0.2) is 0 Å². The number of carbonyl (C=O) groups is 1. The van der Waals surface area contributed by atoms with Crippen LogP contribution in [0.4, 0.5) is 0 Å². The number of likely N-dealkylation sites (N-methyl/N-ethyl adjacent to an activating group) is 1. The summed E-state index contributed by atoms with van der Waals surface area (Å²) < 4.78 is 0. The summed E-state index contributed by atoms with van der Waals surface area (Å²) in [6.07, 6.45) is 3.58. The average Bonchev–Trinajstić information content (AvgIpc) is 2.43. The summed E-state index contributed by atoms with van der Waals surface area (Å²) in [4.78, 5) is 11.8. The lowest BCUT2D eigenvalue weighted by atomic mass is 9.94. The van der Waals surface area contributed by atoms with Gasteiger partial charge in [0.25, 0.3) is 0 Å². The monoisotopic (exact) mass is 312 g/mol. The normalized spacial score (nSPS) is 11.9. The molecule has 0 aromatic heterocycles. The molecule has 21 heavy (non-hydrogen) atoms. The molecule has 0 bridgehead atoms. The Morgan fingerprint density at radius 1 is 1.19 bits per heavy atom. The Labute approximate surface area is 135 Å². The first kappa shape index (κ1) is 19.9. The lowest BCUT2D eigenvalue weighted by Gasteiger charge is -2.23. The van der Waals surface area contributed by atoms with Crippen LogP contribution >= 0.6 is 12.4 Å². The molecule has 1 atom stereocenters. The Morgan fingerprint density at radius 3 is 2.29 bits per heavy atom. The van der Waals surface area contributed by atoms with Gasteiger partial charge in [0.05, 0.1) is 12.6 Å². The van der Waals surface area contributed by atoms with Crippen molar-refractivity contribution in [1.82, 2.24) is 10.6 Å². The smallest absolute Gasteiger partial charge is 0.234 e. The fourth-order valence-corrected chi connectivity index (χ4v) is 2.29. The summed E-state index contributed by atoms with van der Waals surface area (Å²) >= 11 is 0. The van der Waals surface area contributed by atoms with Crippen LogP contribution in [0.25, 0.3) is 0 Å². The maximum absolute atomic E-state index is 11.8. The highest BCUT2D eigenvalue weighted by Crippen LogP contribution is 2.22. The van der Waals surface area contributed by atoms with Gasteiger partial charge in [-0.3, -0.25) is 4.79 Å². The molecular formula is C17H29ClN2O. The highest BCUT2D eigenvalue weighted by atomic mass is 35.5. The molecule has 0 aliphatic heterocycles. The molecule has 0 heterocycles. The predicted octanol–water partition coefficient (Wildman–Crippen LogP) is 3.48. The number of halogens is 1. The van der Waals surface area contributed by atoms with E-state index in [4.69, 9.17) is 0 Å². The maximum Gasteiger partial charge on any atom is 0.234 e. The number of hydrogen-bond acceptors (Lipinski definition) is 2. The van der Waals surface area contributed by atoms with E-state index >= 15 is 0 Å². The molecule has 1 amide bonds. The van der Waals surface area contributed by atoms with Gasteiger partial charge in [-0.05, 0) is 36.9 Å². The molecule has 0 aliphatic rings. The Hall–Kier alpha value is -1.06. The molecule has 0 radical (unpaired) electrons. The highest BCUT2D eigenvalue weighted by Gasteiger charge is 2.17. The molecule has 120 valence electrons. The molecule has 4 heteroatoms. The molecule has 0 saturated heterocycles. The summed E-state index contributed by atoms with van der Waals surface area (Å²) in [6, 6.07) is 8.75. The summed E-state index contributed by atoms with van der Waals surface area (Å²) in [6.45, 7) is 6.84. The van der Waals surface area contributed by atoms with E-state index in [1.54, 1.807) is 7.05 Å². The molecule has 2 N–H and O–H groups in total. The van der Waals surface area contributed by atoms with Crippen molar-refractivity contribution in [1.29, 1.82) is 0 Å². The standard InChI is InChI=1S/C17H28N2O.ClH/c1-5-6-7-14-8-10-15(11-9-14)17(13(2)3)19-16(20)12-18-4;/h8-11,13,17-18H,5-7,12H2,1-4H3,(H,19,20);1H. The van der Waals surface area contributed by atoms with Gasteiger partial charge < -0.3 is 10.6 Å². The van der Waals surface area contributed by atoms with Gasteiger partial charge in [0.15, 0.2) is 0 Å². The van der Waals surface area contributed by atoms with Crippen molar-refractivity contribution in [3.8, 4) is 0 Å². The molecule has 0 aliphatic carbocycles. The second-order valence-corrected chi connectivity index (χ2v) is 5.66. The zero-order chi connectivity index (χ0) is 15.0. The number of carbonyl (C=O) groups excluding carboxylic acids is 1. The van der Waals surface area contributed by atoms with Crippen LogP contribution in [0.3, 0.4) is 0 Å². The van der Waals surface area contributed by atoms with E-state index in [9.17, 15) is 4.79 Å². The van der Waals surface area contributed by atoms with Gasteiger partial charge in [0.1, 0.15) is 0 Å². The van der Waals surface area contributed by atoms with Crippen molar-refractivity contribution < 1.29 is 4.79 Å². The van der Waals surface area contributed by atoms with Gasteiger partial charge >= 0.3 is 0 Å². The minimum Gasteiger partial charge on any atom is -0.348 e. The minimum absolute atomic E-state index is 0. The van der Waals surface area contributed by atoms with Crippen molar-refractivity contribution in [3.63, 3.8) is 0 Å². The topological polar surface area (TPSA) is 41.1 Å². The second-order valence-electron chi connectivity index (χ2n) is 5.66. The van der Waals surface area contributed by atoms with Crippen LogP contribution in [0.2, 0.25) is 0 Å². The summed E-state index contributed by atoms with van der Waals surface area (Å²) in [5.74, 6) is 0.415. The van der Waals surface area contributed by atoms with Crippen molar-refractivity contribution in [3.05, 3.63) is 35.4 Å². The van der Waals surface area contributed by atoms with Crippen molar-refractivity contribution in [2.24, 2.45) is 5.92 Å². The number of unbranched alkanes of at least 4 members (excludes halogenated alkanes) is 1. The number of benzene rings is 1. The third-order valence-electron chi connectivity index (χ3n) is 3.48. The van der Waals surface area contributed by atoms with E-state index in [0.29, 0.717) is 12.5 Å². The van der Waals surface area contributed by atoms with E-state index in [1.165, 1.54) is 24.0 Å². The quantitative estimate of drug-likeness (QED) is 0.771. The molecule has 1 rings (SSSR count). The van der Waals surface area contributed by atoms with Crippen LogP contribution in [0, 0.1) is 5.92 Å². The third kappa shape index (κ3) is 6.96. The Bertz CT molecular complexity index is 404. The first-order valence-electron chi connectivity index (χ1n) is 7.61. The van der Waals surface area contributed by atoms with Crippen LogP contribution in [0.1, 0.15) is 50.8 Å². The van der Waals surface area contributed by atoms with Crippen molar-refractivity contribution in [2.75, 3.05) is 13.6 Å². The van der Waals surface area contributed by atoms with Crippen LogP contribution in [-0.2, 0) is 11.2 Å². The lowest BCUT2D eigenvalue weighted by Crippen LogP contribution is -2.37. The zero-order valence-electron chi connectivity index (χ0n) is 13.6. The van der Waals surface area contributed by atoms with E-state index < -0.39 is 0 Å². The molecular weight excluding hydrogens is 284 g/mol. The fourth-order valence-electron chi connectivity index (χ4n) is 2.29. The van der Waals surface area contributed by atoms with Gasteiger partial charge in [-0.2, -0.15) is 0 Å². The first-order valence-corrected chi connectivity index (χ1v) is 7.61. The van der Waals surface area contributed by atoms with Crippen LogP contribution in [-0.4, -0.2) is 19.5 Å². The first-order chi connectivity index (χ1) is 9.58. The highest BCUT2D eigenvalue weighted by molar-refractivity contribution is 5.85. The van der Waals surface area contributed by atoms with Crippen molar-refractivity contribution >= 4 is 18.3 Å². The molecule has 1 aromatic carbocycles. The molecule has 1 unspecified atom stereocenters. The predicted molar refractivity (Wildman–Crippen MR) is 92.0 cm³/mol. The number of hydrogen-bond donors (Lipinski definition) is 2. The van der Waals surface area contributed by atoms with Gasteiger partial charge in [-0.1, -0.05) is 51.5 Å². The number of amides is 1. The number of aryl methyl sites for hydroxylation is 1. The minimum atomic E-state index is 0. The van der Waals surface area contributed by atoms with Crippen LogP contribution in [0.15, 0.2) is 24.3 Å². The Kier molecular flexibility index (Phi) is 10.1. The van der Waals surface area contributed by atoms with Crippen molar-refractivity contribution in [2.45, 2.75) is 46.1 Å². The molecule has 0 saturated carbocycles. The summed E-state index contributed by atoms with van der Waals surface area (Å²) in [5.41, 5.74) is 2.56. The number of rotatable bonds is 8. The van der Waals surface area contributed by atoms with Gasteiger partial charge in [-0.15, -0.1) is 12.4 Å². The lowest BCUT2D eigenvalue weighted by molar-refractivity contribution is -0.121.